The molecule has 0 bridgehead atoms. The van der Waals surface area contributed by atoms with Crippen molar-refractivity contribution in [2.24, 2.45) is 0 Å². The number of aliphatic hydroxyl groups is 3. The number of aromatic hydroxyl groups is 4. The third-order valence-corrected chi connectivity index (χ3v) is 7.09. The smallest absolute Gasteiger partial charge is 0.331 e. The van der Waals surface area contributed by atoms with Gasteiger partial charge in [-0.25, -0.2) is 4.79 Å². The number of phenols is 4. The largest absolute Gasteiger partial charge is 0.508 e. The van der Waals surface area contributed by atoms with E-state index in [1.54, 1.807) is 24.3 Å². The molecule has 0 amide bonds. The van der Waals surface area contributed by atoms with Crippen LogP contribution in [0.5, 0.6) is 28.7 Å². The Kier molecular flexibility index (Phi) is 8.52. The topological polar surface area (TPSA) is 196 Å². The number of carbonyl (C=O) groups excluding carboxylic acids is 1. The van der Waals surface area contributed by atoms with E-state index in [-0.39, 0.29) is 35.0 Å². The predicted octanol–water partition coefficient (Wildman–Crippen LogP) is 1.63. The molecule has 5 rings (SSSR count). The molecular formula is C30H30O12. The van der Waals surface area contributed by atoms with Crippen molar-refractivity contribution in [1.82, 2.24) is 0 Å². The molecule has 1 fully saturated rings. The van der Waals surface area contributed by atoms with E-state index in [0.29, 0.717) is 5.56 Å². The van der Waals surface area contributed by atoms with E-state index < -0.39 is 61.2 Å². The summed E-state index contributed by atoms with van der Waals surface area (Å²) in [4.78, 5) is 12.6. The molecule has 0 aromatic heterocycles. The fraction of sp³-hybridized carbons (Fsp3) is 0.300. The summed E-state index contributed by atoms with van der Waals surface area (Å²) in [7, 11) is 0. The second kappa shape index (κ2) is 12.3. The molecule has 3 aromatic rings. The minimum atomic E-state index is -1.72. The van der Waals surface area contributed by atoms with Gasteiger partial charge in [-0.05, 0) is 29.3 Å². The van der Waals surface area contributed by atoms with Gasteiger partial charge in [0.2, 0.25) is 0 Å². The number of esters is 1. The molecule has 2 aliphatic rings. The number of hydrogen-bond acceptors (Lipinski definition) is 12. The molecule has 12 nitrogen and oxygen atoms in total. The van der Waals surface area contributed by atoms with E-state index in [0.717, 1.165) is 17.7 Å². The van der Waals surface area contributed by atoms with Gasteiger partial charge in [-0.1, -0.05) is 36.4 Å². The van der Waals surface area contributed by atoms with Gasteiger partial charge in [0.15, 0.2) is 30.0 Å². The van der Waals surface area contributed by atoms with Crippen LogP contribution in [0, 0.1) is 0 Å². The fourth-order valence-electron chi connectivity index (χ4n) is 4.95. The van der Waals surface area contributed by atoms with Crippen molar-refractivity contribution in [3.63, 3.8) is 0 Å². The first kappa shape index (κ1) is 29.2. The second-order valence-corrected chi connectivity index (χ2v) is 9.96. The lowest BCUT2D eigenvalue weighted by Gasteiger charge is -2.43. The zero-order chi connectivity index (χ0) is 30.0. The Balaban J connectivity index is 1.40. The molecule has 0 radical (unpaired) electrons. The highest BCUT2D eigenvalue weighted by Crippen LogP contribution is 2.44. The number of hydrogen-bond donors (Lipinski definition) is 7. The summed E-state index contributed by atoms with van der Waals surface area (Å²) >= 11 is 0. The highest BCUT2D eigenvalue weighted by Gasteiger charge is 2.49. The van der Waals surface area contributed by atoms with E-state index >= 15 is 0 Å². The third-order valence-electron chi connectivity index (χ3n) is 7.09. The quantitative estimate of drug-likeness (QED) is 0.121. The molecule has 7 N–H and O–H groups in total. The van der Waals surface area contributed by atoms with Gasteiger partial charge >= 0.3 is 5.97 Å². The summed E-state index contributed by atoms with van der Waals surface area (Å²) in [6, 6.07) is 15.3. The van der Waals surface area contributed by atoms with Crippen LogP contribution in [0.2, 0.25) is 0 Å². The Hall–Kier alpha value is -4.33. The maximum absolute atomic E-state index is 12.6. The number of rotatable bonds is 7. The molecule has 0 unspecified atom stereocenters. The number of aliphatic hydroxyl groups excluding tert-OH is 3. The highest BCUT2D eigenvalue weighted by atomic mass is 16.7. The Morgan fingerprint density at radius 1 is 0.929 bits per heavy atom. The van der Waals surface area contributed by atoms with Gasteiger partial charge in [-0.3, -0.25) is 0 Å². The SMILES string of the molecule is O=C(/C=C/c1ccccc1)O[C@@H]1[C@@H](O)[C@H](O[C@@H]2Cc3c(O)cc(O)cc3O[C@@H]2c2ccc(O)c(O)c2)O[C@H](CO)[C@H]1O. The molecule has 42 heavy (non-hydrogen) atoms. The minimum Gasteiger partial charge on any atom is -0.508 e. The molecule has 0 saturated carbocycles. The molecule has 2 heterocycles. The van der Waals surface area contributed by atoms with Crippen LogP contribution in [0.3, 0.4) is 0 Å². The van der Waals surface area contributed by atoms with Crippen LogP contribution in [0.25, 0.3) is 6.08 Å². The van der Waals surface area contributed by atoms with E-state index in [4.69, 9.17) is 18.9 Å². The third kappa shape index (κ3) is 6.12. The Bertz CT molecular complexity index is 1440. The highest BCUT2D eigenvalue weighted by molar-refractivity contribution is 5.87. The number of carbonyl (C=O) groups is 1. The molecule has 12 heteroatoms. The van der Waals surface area contributed by atoms with Crippen molar-refractivity contribution in [3.05, 3.63) is 83.4 Å². The zero-order valence-corrected chi connectivity index (χ0v) is 22.1. The molecular weight excluding hydrogens is 552 g/mol. The van der Waals surface area contributed by atoms with Crippen LogP contribution in [-0.2, 0) is 25.4 Å². The number of ether oxygens (including phenoxy) is 4. The van der Waals surface area contributed by atoms with E-state index in [9.17, 15) is 40.5 Å². The summed E-state index contributed by atoms with van der Waals surface area (Å²) in [5, 5.41) is 72.0. The molecule has 0 aliphatic carbocycles. The van der Waals surface area contributed by atoms with Crippen molar-refractivity contribution < 1.29 is 59.5 Å². The van der Waals surface area contributed by atoms with Gasteiger partial charge in [0.05, 0.1) is 6.61 Å². The average molecular weight is 583 g/mol. The standard InChI is InChI=1S/C30H30O12/c31-14-24-26(37)29(42-25(36)9-6-15-4-2-1-3-5-15)27(38)30(41-24)40-23-13-18-20(34)11-17(32)12-22(18)39-28(23)16-7-8-19(33)21(35)10-16/h1-12,23-24,26-35,37-38H,13-14H2/b9-6+/t23-,24-,26-,27-,28-,29+,30-/m1/s1. The Labute approximate surface area is 239 Å². The number of fused-ring (bicyclic) bond motifs is 1. The van der Waals surface area contributed by atoms with Crippen LogP contribution in [-0.4, -0.2) is 85.1 Å². The van der Waals surface area contributed by atoms with E-state index in [1.807, 2.05) is 6.07 Å². The number of benzene rings is 3. The lowest BCUT2D eigenvalue weighted by Crippen LogP contribution is -2.61. The van der Waals surface area contributed by atoms with Crippen molar-refractivity contribution in [2.75, 3.05) is 6.61 Å². The summed E-state index contributed by atoms with van der Waals surface area (Å²) in [6.07, 6.45) is -7.17. The van der Waals surface area contributed by atoms with Gasteiger partial charge in [-0.2, -0.15) is 0 Å². The van der Waals surface area contributed by atoms with Gasteiger partial charge in [0, 0.05) is 30.2 Å². The van der Waals surface area contributed by atoms with Crippen molar-refractivity contribution >= 4 is 12.0 Å². The molecule has 3 aromatic carbocycles. The molecule has 222 valence electrons. The van der Waals surface area contributed by atoms with Crippen LogP contribution in [0.15, 0.2) is 66.7 Å². The van der Waals surface area contributed by atoms with Crippen molar-refractivity contribution in [1.29, 1.82) is 0 Å². The molecule has 0 spiro atoms. The van der Waals surface area contributed by atoms with Crippen LogP contribution in [0.1, 0.15) is 22.8 Å². The normalized spacial score (nSPS) is 27.3. The maximum atomic E-state index is 12.6. The van der Waals surface area contributed by atoms with E-state index in [2.05, 4.69) is 0 Å². The minimum absolute atomic E-state index is 0.0308. The first-order valence-electron chi connectivity index (χ1n) is 13.1. The molecule has 2 aliphatic heterocycles. The maximum Gasteiger partial charge on any atom is 0.331 e. The summed E-state index contributed by atoms with van der Waals surface area (Å²) in [5.41, 5.74) is 1.33. The fourth-order valence-corrected chi connectivity index (χ4v) is 4.95. The van der Waals surface area contributed by atoms with Crippen LogP contribution < -0.4 is 4.74 Å². The van der Waals surface area contributed by atoms with Gasteiger partial charge < -0.3 is 54.7 Å². The van der Waals surface area contributed by atoms with E-state index in [1.165, 1.54) is 30.3 Å². The van der Waals surface area contributed by atoms with Crippen molar-refractivity contribution in [3.8, 4) is 28.7 Å². The predicted molar refractivity (Wildman–Crippen MR) is 145 cm³/mol. The Morgan fingerprint density at radius 3 is 2.40 bits per heavy atom. The molecule has 7 atom stereocenters. The number of phenolic OH excluding ortho intramolecular Hbond substituents is 4. The summed E-state index contributed by atoms with van der Waals surface area (Å²) in [5.74, 6) is -2.08. The Morgan fingerprint density at radius 2 is 1.69 bits per heavy atom. The summed E-state index contributed by atoms with van der Waals surface area (Å²) in [6.45, 7) is -0.693. The van der Waals surface area contributed by atoms with Gasteiger partial charge in [0.25, 0.3) is 0 Å². The van der Waals surface area contributed by atoms with Crippen molar-refractivity contribution in [2.45, 2.75) is 49.3 Å². The van der Waals surface area contributed by atoms with Crippen LogP contribution in [0.4, 0.5) is 0 Å². The van der Waals surface area contributed by atoms with Crippen LogP contribution >= 0.6 is 0 Å². The zero-order valence-electron chi connectivity index (χ0n) is 22.1. The lowest BCUT2D eigenvalue weighted by atomic mass is 9.93. The first-order chi connectivity index (χ1) is 20.1. The average Bonchev–Trinajstić information content (AvgIpc) is 2.97. The monoisotopic (exact) mass is 582 g/mol. The lowest BCUT2D eigenvalue weighted by molar-refractivity contribution is -0.318. The second-order valence-electron chi connectivity index (χ2n) is 9.96. The first-order valence-corrected chi connectivity index (χ1v) is 13.1. The molecule has 1 saturated heterocycles. The van der Waals surface area contributed by atoms with Gasteiger partial charge in [0.1, 0.15) is 41.7 Å². The van der Waals surface area contributed by atoms with Gasteiger partial charge in [-0.15, -0.1) is 0 Å². The summed E-state index contributed by atoms with van der Waals surface area (Å²) < 4.78 is 23.1.